The minimum Gasteiger partial charge on any atom is -0.494 e. The molecule has 0 atom stereocenters. The molecule has 1 aromatic heterocycles. The van der Waals surface area contributed by atoms with E-state index < -0.39 is 11.2 Å². The van der Waals surface area contributed by atoms with Crippen molar-refractivity contribution in [2.24, 2.45) is 0 Å². The molecule has 6 heteroatoms. The van der Waals surface area contributed by atoms with Crippen LogP contribution >= 0.6 is 11.8 Å². The van der Waals surface area contributed by atoms with Gasteiger partial charge in [0.25, 0.3) is 5.56 Å². The summed E-state index contributed by atoms with van der Waals surface area (Å²) in [7, 11) is 0. The summed E-state index contributed by atoms with van der Waals surface area (Å²) in [5, 5.41) is 10.3. The maximum absolute atomic E-state index is 11.7. The highest BCUT2D eigenvalue weighted by Crippen LogP contribution is 2.33. The summed E-state index contributed by atoms with van der Waals surface area (Å²) in [5.41, 5.74) is -1.07. The van der Waals surface area contributed by atoms with Gasteiger partial charge in [-0.25, -0.2) is 4.79 Å². The van der Waals surface area contributed by atoms with Crippen LogP contribution in [-0.4, -0.2) is 26.2 Å². The molecule has 0 saturated heterocycles. The smallest absolute Gasteiger partial charge is 0.331 e. The number of H-pyrrole nitrogens is 1. The zero-order valence-electron chi connectivity index (χ0n) is 9.68. The van der Waals surface area contributed by atoms with E-state index in [9.17, 15) is 14.7 Å². The van der Waals surface area contributed by atoms with E-state index >= 15 is 0 Å². The zero-order valence-corrected chi connectivity index (χ0v) is 10.5. The number of nitrogens with zero attached hydrogens (tertiary/aromatic N) is 1. The molecule has 0 amide bonds. The van der Waals surface area contributed by atoms with E-state index in [2.05, 4.69) is 11.2 Å². The van der Waals surface area contributed by atoms with Crippen LogP contribution in [0, 0.1) is 0 Å². The molecule has 0 bridgehead atoms. The number of aromatic hydroxyl groups is 1. The second-order valence-corrected chi connectivity index (χ2v) is 5.47. The number of thioether (sulfide) groups is 1. The third-order valence-corrected chi connectivity index (χ3v) is 4.44. The van der Waals surface area contributed by atoms with Gasteiger partial charge in [0.1, 0.15) is 0 Å². The fourth-order valence-corrected chi connectivity index (χ4v) is 3.13. The van der Waals surface area contributed by atoms with Gasteiger partial charge in [-0.15, -0.1) is 0 Å². The predicted molar refractivity (Wildman–Crippen MR) is 67.8 cm³/mol. The summed E-state index contributed by atoms with van der Waals surface area (Å²) in [6.45, 7) is 0. The van der Waals surface area contributed by atoms with E-state index in [-0.39, 0.29) is 11.9 Å². The molecule has 0 aliphatic heterocycles. The Kier molecular flexibility index (Phi) is 3.61. The first-order valence-corrected chi connectivity index (χ1v) is 6.98. The summed E-state index contributed by atoms with van der Waals surface area (Å²) >= 11 is 1.85. The Morgan fingerprint density at radius 1 is 1.35 bits per heavy atom. The monoisotopic (exact) mass is 256 g/mol. The summed E-state index contributed by atoms with van der Waals surface area (Å²) in [6, 6.07) is 1.06. The Hall–Kier alpha value is -1.17. The van der Waals surface area contributed by atoms with Gasteiger partial charge in [-0.1, -0.05) is 0 Å². The molecule has 0 unspecified atom stereocenters. The number of rotatable bonds is 2. The fourth-order valence-electron chi connectivity index (χ4n) is 2.38. The van der Waals surface area contributed by atoms with Crippen molar-refractivity contribution in [1.29, 1.82) is 0 Å². The first kappa shape index (κ1) is 12.3. The summed E-state index contributed by atoms with van der Waals surface area (Å²) < 4.78 is 1.30. The molecule has 1 aromatic rings. The van der Waals surface area contributed by atoms with Crippen LogP contribution in [0.1, 0.15) is 31.7 Å². The van der Waals surface area contributed by atoms with Crippen molar-refractivity contribution >= 4 is 11.8 Å². The Morgan fingerprint density at radius 3 is 2.53 bits per heavy atom. The van der Waals surface area contributed by atoms with Crippen LogP contribution in [0.5, 0.6) is 5.88 Å². The lowest BCUT2D eigenvalue weighted by atomic mass is 9.95. The van der Waals surface area contributed by atoms with Crippen LogP contribution in [0.3, 0.4) is 0 Å². The van der Waals surface area contributed by atoms with Gasteiger partial charge in [-0.05, 0) is 31.9 Å². The van der Waals surface area contributed by atoms with Gasteiger partial charge in [0, 0.05) is 11.3 Å². The fraction of sp³-hybridized carbons (Fsp3) is 0.636. The third-order valence-electron chi connectivity index (χ3n) is 3.30. The van der Waals surface area contributed by atoms with Crippen LogP contribution in [0.2, 0.25) is 0 Å². The van der Waals surface area contributed by atoms with Crippen LogP contribution in [0.4, 0.5) is 0 Å². The molecule has 1 saturated carbocycles. The number of nitrogens with one attached hydrogen (secondary N) is 1. The molecule has 94 valence electrons. The number of hydrogen-bond donors (Lipinski definition) is 2. The molecule has 17 heavy (non-hydrogen) atoms. The van der Waals surface area contributed by atoms with E-state index in [1.807, 2.05) is 11.8 Å². The standard InChI is InChI=1S/C11H16N2O3S/c1-17-8-4-2-7(3-5-8)13-10(15)6-9(14)12-11(13)16/h6-8,15H,2-5H2,1H3,(H,12,14,16). The topological polar surface area (TPSA) is 75.1 Å². The Balaban J connectivity index is 2.25. The highest BCUT2D eigenvalue weighted by Gasteiger charge is 2.24. The minimum absolute atomic E-state index is 0.00255. The number of hydrogen-bond acceptors (Lipinski definition) is 4. The summed E-state index contributed by atoms with van der Waals surface area (Å²) in [5.74, 6) is -0.230. The van der Waals surface area contributed by atoms with E-state index in [1.165, 1.54) is 4.57 Å². The summed E-state index contributed by atoms with van der Waals surface area (Å²) in [4.78, 5) is 24.9. The largest absolute Gasteiger partial charge is 0.494 e. The van der Waals surface area contributed by atoms with Crippen molar-refractivity contribution < 1.29 is 5.11 Å². The maximum atomic E-state index is 11.7. The highest BCUT2D eigenvalue weighted by molar-refractivity contribution is 7.99. The first-order valence-electron chi connectivity index (χ1n) is 5.69. The molecule has 0 radical (unpaired) electrons. The van der Waals surface area contributed by atoms with Gasteiger partial charge >= 0.3 is 5.69 Å². The van der Waals surface area contributed by atoms with Crippen molar-refractivity contribution in [3.05, 3.63) is 26.9 Å². The van der Waals surface area contributed by atoms with Crippen molar-refractivity contribution in [2.45, 2.75) is 37.0 Å². The molecule has 1 aliphatic rings. The molecule has 1 fully saturated rings. The SMILES string of the molecule is CSC1CCC(n2c(O)cc(=O)[nH]c2=O)CC1. The molecule has 2 N–H and O–H groups in total. The predicted octanol–water partition coefficient (Wildman–Crippen LogP) is 1.09. The molecule has 0 spiro atoms. The van der Waals surface area contributed by atoms with Crippen molar-refractivity contribution in [3.63, 3.8) is 0 Å². The highest BCUT2D eigenvalue weighted by atomic mass is 32.2. The zero-order chi connectivity index (χ0) is 12.4. The van der Waals surface area contributed by atoms with Crippen LogP contribution in [0.25, 0.3) is 0 Å². The molecule has 0 aromatic carbocycles. The van der Waals surface area contributed by atoms with E-state index in [0.29, 0.717) is 5.25 Å². The van der Waals surface area contributed by atoms with E-state index in [1.54, 1.807) is 0 Å². The third kappa shape index (κ3) is 2.57. The first-order chi connectivity index (χ1) is 8.11. The van der Waals surface area contributed by atoms with Crippen LogP contribution in [-0.2, 0) is 0 Å². The molecular formula is C11H16N2O3S. The number of aromatic nitrogens is 2. The van der Waals surface area contributed by atoms with Gasteiger partial charge in [-0.2, -0.15) is 11.8 Å². The van der Waals surface area contributed by atoms with Gasteiger partial charge in [0.05, 0.1) is 6.07 Å². The van der Waals surface area contributed by atoms with Crippen molar-refractivity contribution in [3.8, 4) is 5.88 Å². The molecule has 5 nitrogen and oxygen atoms in total. The van der Waals surface area contributed by atoms with Gasteiger partial charge in [-0.3, -0.25) is 14.3 Å². The normalized spacial score (nSPS) is 24.8. The Morgan fingerprint density at radius 2 is 2.00 bits per heavy atom. The Labute approximate surface area is 103 Å². The average molecular weight is 256 g/mol. The quantitative estimate of drug-likeness (QED) is 0.830. The average Bonchev–Trinajstić information content (AvgIpc) is 2.28. The lowest BCUT2D eigenvalue weighted by molar-refractivity contribution is 0.302. The van der Waals surface area contributed by atoms with E-state index in [4.69, 9.17) is 0 Å². The maximum Gasteiger partial charge on any atom is 0.331 e. The van der Waals surface area contributed by atoms with Crippen LogP contribution < -0.4 is 11.2 Å². The van der Waals surface area contributed by atoms with Crippen LogP contribution in [0.15, 0.2) is 15.7 Å². The Bertz CT molecular complexity index is 500. The number of aromatic amines is 1. The lowest BCUT2D eigenvalue weighted by Crippen LogP contribution is -2.33. The van der Waals surface area contributed by atoms with Crippen molar-refractivity contribution in [2.75, 3.05) is 6.26 Å². The molecule has 1 heterocycles. The minimum atomic E-state index is -0.554. The second kappa shape index (κ2) is 5.00. The van der Waals surface area contributed by atoms with Gasteiger partial charge in [0.2, 0.25) is 5.88 Å². The van der Waals surface area contributed by atoms with Gasteiger partial charge in [0.15, 0.2) is 0 Å². The molecular weight excluding hydrogens is 240 g/mol. The van der Waals surface area contributed by atoms with Crippen molar-refractivity contribution in [1.82, 2.24) is 9.55 Å². The molecule has 1 aliphatic carbocycles. The van der Waals surface area contributed by atoms with Gasteiger partial charge < -0.3 is 5.11 Å². The lowest BCUT2D eigenvalue weighted by Gasteiger charge is -2.28. The molecule has 2 rings (SSSR count). The summed E-state index contributed by atoms with van der Waals surface area (Å²) in [6.07, 6.45) is 5.90. The van der Waals surface area contributed by atoms with E-state index in [0.717, 1.165) is 31.7 Å². The second-order valence-electron chi connectivity index (χ2n) is 4.33.